The van der Waals surface area contributed by atoms with Gasteiger partial charge in [0.1, 0.15) is 17.5 Å². The lowest BCUT2D eigenvalue weighted by atomic mass is 9.95. The molecule has 1 fully saturated rings. The van der Waals surface area contributed by atoms with Crippen molar-refractivity contribution in [3.8, 4) is 0 Å². The summed E-state index contributed by atoms with van der Waals surface area (Å²) in [6.45, 7) is 7.19. The number of piperidine rings is 1. The first-order valence-electron chi connectivity index (χ1n) is 9.19. The zero-order chi connectivity index (χ0) is 16.5. The van der Waals surface area contributed by atoms with Gasteiger partial charge in [0, 0.05) is 38.2 Å². The molecule has 0 amide bonds. The highest BCUT2D eigenvalue weighted by Gasteiger charge is 2.27. The molecule has 0 radical (unpaired) electrons. The van der Waals surface area contributed by atoms with Crippen LogP contribution in [0.4, 0.5) is 5.82 Å². The van der Waals surface area contributed by atoms with Crippen LogP contribution in [0, 0.1) is 13.8 Å². The summed E-state index contributed by atoms with van der Waals surface area (Å²) in [4.78, 5) is 11.5. The van der Waals surface area contributed by atoms with Gasteiger partial charge in [-0.3, -0.25) is 4.98 Å². The molecule has 2 aliphatic rings. The molecule has 128 valence electrons. The van der Waals surface area contributed by atoms with Crippen LogP contribution in [0.3, 0.4) is 0 Å². The molecule has 0 saturated carbocycles. The number of fused-ring (bicyclic) bond motifs is 1. The molecule has 4 rings (SSSR count). The predicted octanol–water partition coefficient (Wildman–Crippen LogP) is 2.80. The van der Waals surface area contributed by atoms with E-state index in [1.807, 2.05) is 20.0 Å². The summed E-state index contributed by atoms with van der Waals surface area (Å²) in [5.41, 5.74) is 2.01. The maximum atomic E-state index is 4.70. The molecule has 1 saturated heterocycles. The van der Waals surface area contributed by atoms with Gasteiger partial charge in [-0.05, 0) is 39.5 Å². The van der Waals surface area contributed by atoms with Crippen molar-refractivity contribution < 1.29 is 0 Å². The summed E-state index contributed by atoms with van der Waals surface area (Å²) in [7, 11) is 0. The molecule has 2 aromatic rings. The average molecular weight is 326 g/mol. The van der Waals surface area contributed by atoms with Crippen molar-refractivity contribution in [2.45, 2.75) is 64.8 Å². The summed E-state index contributed by atoms with van der Waals surface area (Å²) < 4.78 is 2.41. The van der Waals surface area contributed by atoms with Crippen molar-refractivity contribution in [1.82, 2.24) is 24.7 Å². The Morgan fingerprint density at radius 2 is 1.83 bits per heavy atom. The van der Waals surface area contributed by atoms with Gasteiger partial charge in [-0.15, -0.1) is 10.2 Å². The molecular formula is C18H26N6. The molecule has 0 unspecified atom stereocenters. The van der Waals surface area contributed by atoms with Crippen LogP contribution in [0.15, 0.2) is 6.20 Å². The summed E-state index contributed by atoms with van der Waals surface area (Å²) in [6.07, 6.45) is 8.99. The average Bonchev–Trinajstić information content (AvgIpc) is 2.86. The molecule has 2 aliphatic heterocycles. The summed E-state index contributed by atoms with van der Waals surface area (Å²) in [6, 6.07) is 0. The first kappa shape index (κ1) is 15.5. The molecule has 6 nitrogen and oxygen atoms in total. The van der Waals surface area contributed by atoms with Crippen LogP contribution in [0.5, 0.6) is 0 Å². The molecule has 6 heteroatoms. The van der Waals surface area contributed by atoms with Crippen LogP contribution in [-0.2, 0) is 13.0 Å². The van der Waals surface area contributed by atoms with Gasteiger partial charge in [-0.2, -0.15) is 0 Å². The molecule has 0 bridgehead atoms. The Morgan fingerprint density at radius 3 is 2.67 bits per heavy atom. The Bertz CT molecular complexity index is 714. The normalized spacial score (nSPS) is 19.2. The summed E-state index contributed by atoms with van der Waals surface area (Å²) in [5, 5.41) is 9.03. The minimum atomic E-state index is 0.527. The molecule has 0 atom stereocenters. The summed E-state index contributed by atoms with van der Waals surface area (Å²) in [5.74, 6) is 4.00. The van der Waals surface area contributed by atoms with Crippen LogP contribution in [0.1, 0.15) is 61.1 Å². The highest BCUT2D eigenvalue weighted by Crippen LogP contribution is 2.31. The number of nitrogens with zero attached hydrogens (tertiary/aromatic N) is 6. The van der Waals surface area contributed by atoms with Gasteiger partial charge in [-0.1, -0.05) is 6.42 Å². The second kappa shape index (κ2) is 6.49. The fourth-order valence-corrected chi connectivity index (χ4v) is 3.98. The van der Waals surface area contributed by atoms with Crippen LogP contribution in [0.25, 0.3) is 0 Å². The third-order valence-electron chi connectivity index (χ3n) is 5.35. The third-order valence-corrected chi connectivity index (χ3v) is 5.35. The van der Waals surface area contributed by atoms with E-state index >= 15 is 0 Å². The standard InChI is InChI=1S/C18H26N6/c1-13-12-19-14(2)17(20-13)23-10-7-15(8-11-23)18-22-21-16-6-4-3-5-9-24(16)18/h12,15H,3-11H2,1-2H3. The highest BCUT2D eigenvalue weighted by atomic mass is 15.3. The van der Waals surface area contributed by atoms with E-state index in [2.05, 4.69) is 24.6 Å². The van der Waals surface area contributed by atoms with Gasteiger partial charge in [-0.25, -0.2) is 4.98 Å². The third kappa shape index (κ3) is 2.89. The molecule has 0 N–H and O–H groups in total. The van der Waals surface area contributed by atoms with E-state index in [0.717, 1.165) is 56.1 Å². The van der Waals surface area contributed by atoms with Gasteiger partial charge >= 0.3 is 0 Å². The molecule has 24 heavy (non-hydrogen) atoms. The molecule has 4 heterocycles. The molecule has 0 aliphatic carbocycles. The number of hydrogen-bond donors (Lipinski definition) is 0. The van der Waals surface area contributed by atoms with E-state index in [-0.39, 0.29) is 0 Å². The maximum Gasteiger partial charge on any atom is 0.150 e. The van der Waals surface area contributed by atoms with Crippen molar-refractivity contribution in [3.63, 3.8) is 0 Å². The molecule has 2 aromatic heterocycles. The summed E-state index contributed by atoms with van der Waals surface area (Å²) >= 11 is 0. The number of hydrogen-bond acceptors (Lipinski definition) is 5. The number of rotatable bonds is 2. The van der Waals surface area contributed by atoms with Gasteiger partial charge in [0.2, 0.25) is 0 Å². The fourth-order valence-electron chi connectivity index (χ4n) is 3.98. The van der Waals surface area contributed by atoms with Crippen molar-refractivity contribution in [2.75, 3.05) is 18.0 Å². The van der Waals surface area contributed by atoms with E-state index < -0.39 is 0 Å². The van der Waals surface area contributed by atoms with Crippen molar-refractivity contribution in [3.05, 3.63) is 29.2 Å². The first-order chi connectivity index (χ1) is 11.7. The smallest absolute Gasteiger partial charge is 0.150 e. The largest absolute Gasteiger partial charge is 0.355 e. The van der Waals surface area contributed by atoms with Gasteiger partial charge in [0.25, 0.3) is 0 Å². The second-order valence-electron chi connectivity index (χ2n) is 7.12. The minimum Gasteiger partial charge on any atom is -0.355 e. The van der Waals surface area contributed by atoms with E-state index in [0.29, 0.717) is 5.92 Å². The Kier molecular flexibility index (Phi) is 4.21. The number of aryl methyl sites for hydroxylation is 3. The maximum absolute atomic E-state index is 4.70. The van der Waals surface area contributed by atoms with E-state index in [1.165, 1.54) is 30.9 Å². The van der Waals surface area contributed by atoms with Crippen LogP contribution in [0.2, 0.25) is 0 Å². The van der Waals surface area contributed by atoms with Gasteiger partial charge < -0.3 is 9.47 Å². The monoisotopic (exact) mass is 326 g/mol. The zero-order valence-corrected chi connectivity index (χ0v) is 14.7. The van der Waals surface area contributed by atoms with Crippen LogP contribution >= 0.6 is 0 Å². The van der Waals surface area contributed by atoms with E-state index in [1.54, 1.807) is 0 Å². The Hall–Kier alpha value is -1.98. The van der Waals surface area contributed by atoms with Gasteiger partial charge in [0.05, 0.1) is 11.4 Å². The number of aromatic nitrogens is 5. The van der Waals surface area contributed by atoms with Crippen molar-refractivity contribution in [1.29, 1.82) is 0 Å². The lowest BCUT2D eigenvalue weighted by molar-refractivity contribution is 0.457. The van der Waals surface area contributed by atoms with Crippen molar-refractivity contribution >= 4 is 5.82 Å². The first-order valence-corrected chi connectivity index (χ1v) is 9.19. The Morgan fingerprint density at radius 1 is 1.00 bits per heavy atom. The lowest BCUT2D eigenvalue weighted by Gasteiger charge is -2.33. The van der Waals surface area contributed by atoms with E-state index in [4.69, 9.17) is 4.98 Å². The zero-order valence-electron chi connectivity index (χ0n) is 14.7. The quantitative estimate of drug-likeness (QED) is 0.849. The number of anilines is 1. The molecule has 0 spiro atoms. The Labute approximate surface area is 143 Å². The molecule has 0 aromatic carbocycles. The fraction of sp³-hybridized carbons (Fsp3) is 0.667. The minimum absolute atomic E-state index is 0.527. The van der Waals surface area contributed by atoms with Crippen LogP contribution < -0.4 is 4.90 Å². The van der Waals surface area contributed by atoms with Crippen LogP contribution in [-0.4, -0.2) is 37.8 Å². The predicted molar refractivity (Wildman–Crippen MR) is 93.3 cm³/mol. The Balaban J connectivity index is 1.49. The molecular weight excluding hydrogens is 300 g/mol. The van der Waals surface area contributed by atoms with E-state index in [9.17, 15) is 0 Å². The second-order valence-corrected chi connectivity index (χ2v) is 7.12. The highest BCUT2D eigenvalue weighted by molar-refractivity contribution is 5.43. The lowest BCUT2D eigenvalue weighted by Crippen LogP contribution is -2.35. The van der Waals surface area contributed by atoms with Gasteiger partial charge in [0.15, 0.2) is 0 Å². The SMILES string of the molecule is Cc1cnc(C)c(N2CCC(c3nnc4n3CCCCC4)CC2)n1. The van der Waals surface area contributed by atoms with Crippen molar-refractivity contribution in [2.24, 2.45) is 0 Å². The topological polar surface area (TPSA) is 59.7 Å².